The average Bonchev–Trinajstić information content (AvgIpc) is 3.26. The molecule has 0 aliphatic carbocycles. The fourth-order valence-electron chi connectivity index (χ4n) is 3.86. The number of aryl methyl sites for hydroxylation is 1. The first kappa shape index (κ1) is 21.1. The zero-order valence-corrected chi connectivity index (χ0v) is 17.3. The van der Waals surface area contributed by atoms with Gasteiger partial charge in [0, 0.05) is 25.4 Å². The first-order chi connectivity index (χ1) is 15.2. The molecule has 3 aromatic rings. The second-order valence-electron chi connectivity index (χ2n) is 7.78. The van der Waals surface area contributed by atoms with Crippen molar-refractivity contribution in [2.75, 3.05) is 6.61 Å². The Kier molecular flexibility index (Phi) is 7.01. The van der Waals surface area contributed by atoms with Crippen molar-refractivity contribution >= 4 is 5.91 Å². The van der Waals surface area contributed by atoms with Crippen LogP contribution in [0.5, 0.6) is 0 Å². The summed E-state index contributed by atoms with van der Waals surface area (Å²) in [6.07, 6.45) is 6.19. The molecule has 8 heteroatoms. The van der Waals surface area contributed by atoms with E-state index in [9.17, 15) is 9.90 Å². The number of aliphatic hydroxyl groups is 1. The van der Waals surface area contributed by atoms with E-state index in [-0.39, 0.29) is 24.7 Å². The van der Waals surface area contributed by atoms with Crippen molar-refractivity contribution in [3.8, 4) is 0 Å². The first-order valence-electron chi connectivity index (χ1n) is 10.6. The second kappa shape index (κ2) is 10.3. The molecule has 1 aliphatic heterocycles. The van der Waals surface area contributed by atoms with Crippen molar-refractivity contribution in [3.63, 3.8) is 0 Å². The largest absolute Gasteiger partial charge is 0.394 e. The van der Waals surface area contributed by atoms with Crippen LogP contribution in [0.25, 0.3) is 0 Å². The summed E-state index contributed by atoms with van der Waals surface area (Å²) in [5.74, 6) is -0.250. The Balaban J connectivity index is 1.26. The molecule has 4 rings (SSSR count). The van der Waals surface area contributed by atoms with Crippen molar-refractivity contribution in [2.24, 2.45) is 0 Å². The van der Waals surface area contributed by atoms with Gasteiger partial charge in [-0.2, -0.15) is 0 Å². The number of benzene rings is 1. The van der Waals surface area contributed by atoms with Crippen molar-refractivity contribution in [1.82, 2.24) is 25.3 Å². The molecule has 1 amide bonds. The molecule has 3 atom stereocenters. The van der Waals surface area contributed by atoms with Gasteiger partial charge in [-0.15, -0.1) is 5.10 Å². The number of amides is 1. The Morgan fingerprint density at radius 3 is 2.77 bits per heavy atom. The molecule has 162 valence electrons. The lowest BCUT2D eigenvalue weighted by Crippen LogP contribution is -2.51. The van der Waals surface area contributed by atoms with Gasteiger partial charge in [-0.1, -0.05) is 41.6 Å². The highest BCUT2D eigenvalue weighted by atomic mass is 16.5. The standard InChI is InChI=1S/C23H27N5O3/c29-16-22-20(25-23(30)21-8-4-5-12-24-21)10-9-19(31-22)11-13-28-15-18(26-27-28)14-17-6-2-1-3-7-17/h1-8,12,15,19-20,22,29H,9-11,13-14,16H2,(H,25,30)/t19-,20-,22-/m1/s1. The van der Waals surface area contributed by atoms with E-state index in [1.54, 1.807) is 24.4 Å². The molecular formula is C23H27N5O3. The van der Waals surface area contributed by atoms with Gasteiger partial charge in [0.15, 0.2) is 0 Å². The topological polar surface area (TPSA) is 102 Å². The van der Waals surface area contributed by atoms with E-state index >= 15 is 0 Å². The first-order valence-corrected chi connectivity index (χ1v) is 10.6. The molecule has 1 fully saturated rings. The summed E-state index contributed by atoms with van der Waals surface area (Å²) in [5.41, 5.74) is 2.50. The summed E-state index contributed by atoms with van der Waals surface area (Å²) in [6, 6.07) is 15.2. The van der Waals surface area contributed by atoms with Crippen molar-refractivity contribution in [3.05, 3.63) is 77.9 Å². The molecule has 8 nitrogen and oxygen atoms in total. The van der Waals surface area contributed by atoms with Crippen LogP contribution < -0.4 is 5.32 Å². The van der Waals surface area contributed by atoms with Gasteiger partial charge in [0.05, 0.1) is 24.4 Å². The van der Waals surface area contributed by atoms with E-state index in [2.05, 4.69) is 32.7 Å². The summed E-state index contributed by atoms with van der Waals surface area (Å²) in [4.78, 5) is 16.4. The number of nitrogens with one attached hydrogen (secondary N) is 1. The minimum absolute atomic E-state index is 0.00178. The van der Waals surface area contributed by atoms with Crippen LogP contribution in [0.1, 0.15) is 41.0 Å². The van der Waals surface area contributed by atoms with E-state index in [1.165, 1.54) is 5.56 Å². The normalized spacial score (nSPS) is 21.0. The van der Waals surface area contributed by atoms with Gasteiger partial charge in [-0.3, -0.25) is 14.5 Å². The summed E-state index contributed by atoms with van der Waals surface area (Å²) in [6.45, 7) is 0.545. The van der Waals surface area contributed by atoms with Gasteiger partial charge < -0.3 is 15.2 Å². The molecule has 31 heavy (non-hydrogen) atoms. The average molecular weight is 422 g/mol. The Labute approximate surface area is 181 Å². The molecular weight excluding hydrogens is 394 g/mol. The highest BCUT2D eigenvalue weighted by Crippen LogP contribution is 2.22. The Morgan fingerprint density at radius 2 is 2.00 bits per heavy atom. The van der Waals surface area contributed by atoms with Gasteiger partial charge in [-0.25, -0.2) is 0 Å². The van der Waals surface area contributed by atoms with Gasteiger partial charge in [0.25, 0.3) is 5.91 Å². The van der Waals surface area contributed by atoms with Crippen molar-refractivity contribution < 1.29 is 14.6 Å². The fraction of sp³-hybridized carbons (Fsp3) is 0.391. The van der Waals surface area contributed by atoms with Gasteiger partial charge in [0.2, 0.25) is 0 Å². The number of rotatable bonds is 8. The number of carbonyl (C=O) groups excluding carboxylic acids is 1. The SMILES string of the molecule is O=C(N[C@@H]1CC[C@H](CCn2cc(Cc3ccccc3)nn2)O[C@@H]1CO)c1ccccn1. The summed E-state index contributed by atoms with van der Waals surface area (Å²) >= 11 is 0. The minimum atomic E-state index is -0.434. The fourth-order valence-corrected chi connectivity index (χ4v) is 3.86. The third-order valence-corrected chi connectivity index (χ3v) is 5.50. The van der Waals surface area contributed by atoms with Crippen LogP contribution in [-0.4, -0.2) is 55.8 Å². The number of aliphatic hydroxyl groups excluding tert-OH is 1. The highest BCUT2D eigenvalue weighted by molar-refractivity contribution is 5.92. The molecule has 1 aliphatic rings. The smallest absolute Gasteiger partial charge is 0.270 e. The number of hydrogen-bond donors (Lipinski definition) is 2. The quantitative estimate of drug-likeness (QED) is 0.577. The Morgan fingerprint density at radius 1 is 1.16 bits per heavy atom. The number of ether oxygens (including phenoxy) is 1. The molecule has 1 aromatic carbocycles. The van der Waals surface area contributed by atoms with E-state index in [0.29, 0.717) is 12.2 Å². The maximum absolute atomic E-state index is 12.4. The minimum Gasteiger partial charge on any atom is -0.394 e. The highest BCUT2D eigenvalue weighted by Gasteiger charge is 2.32. The lowest BCUT2D eigenvalue weighted by atomic mass is 9.97. The van der Waals surface area contributed by atoms with Crippen LogP contribution in [0, 0.1) is 0 Å². The second-order valence-corrected chi connectivity index (χ2v) is 7.78. The molecule has 0 radical (unpaired) electrons. The number of nitrogens with zero attached hydrogens (tertiary/aromatic N) is 4. The van der Waals surface area contributed by atoms with Crippen LogP contribution in [-0.2, 0) is 17.7 Å². The summed E-state index contributed by atoms with van der Waals surface area (Å²) in [5, 5.41) is 21.2. The van der Waals surface area contributed by atoms with E-state index in [4.69, 9.17) is 4.74 Å². The summed E-state index contributed by atoms with van der Waals surface area (Å²) in [7, 11) is 0. The van der Waals surface area contributed by atoms with Crippen LogP contribution in [0.3, 0.4) is 0 Å². The zero-order valence-electron chi connectivity index (χ0n) is 17.3. The number of carbonyl (C=O) groups is 1. The maximum Gasteiger partial charge on any atom is 0.270 e. The maximum atomic E-state index is 12.4. The molecule has 3 heterocycles. The van der Waals surface area contributed by atoms with Crippen LogP contribution in [0.2, 0.25) is 0 Å². The molecule has 0 saturated carbocycles. The van der Waals surface area contributed by atoms with Gasteiger partial charge >= 0.3 is 0 Å². The molecule has 1 saturated heterocycles. The lowest BCUT2D eigenvalue weighted by Gasteiger charge is -2.36. The van der Waals surface area contributed by atoms with Crippen LogP contribution in [0.15, 0.2) is 60.9 Å². The number of hydrogen-bond acceptors (Lipinski definition) is 6. The monoisotopic (exact) mass is 421 g/mol. The molecule has 0 unspecified atom stereocenters. The predicted molar refractivity (Wildman–Crippen MR) is 114 cm³/mol. The van der Waals surface area contributed by atoms with Crippen molar-refractivity contribution in [1.29, 1.82) is 0 Å². The van der Waals surface area contributed by atoms with Crippen LogP contribution >= 0.6 is 0 Å². The van der Waals surface area contributed by atoms with Crippen LogP contribution in [0.4, 0.5) is 0 Å². The van der Waals surface area contributed by atoms with E-state index in [1.807, 2.05) is 29.1 Å². The Hall–Kier alpha value is -3.10. The third kappa shape index (κ3) is 5.74. The van der Waals surface area contributed by atoms with Gasteiger partial charge in [0.1, 0.15) is 11.8 Å². The number of aromatic nitrogens is 4. The van der Waals surface area contributed by atoms with Gasteiger partial charge in [-0.05, 0) is 37.0 Å². The number of pyridine rings is 1. The van der Waals surface area contributed by atoms with E-state index < -0.39 is 6.10 Å². The third-order valence-electron chi connectivity index (χ3n) is 5.50. The molecule has 2 N–H and O–H groups in total. The predicted octanol–water partition coefficient (Wildman–Crippen LogP) is 1.99. The zero-order chi connectivity index (χ0) is 21.5. The summed E-state index contributed by atoms with van der Waals surface area (Å²) < 4.78 is 7.90. The van der Waals surface area contributed by atoms with E-state index in [0.717, 1.165) is 31.4 Å². The molecule has 0 spiro atoms. The lowest BCUT2D eigenvalue weighted by molar-refractivity contribution is -0.0912. The molecule has 2 aromatic heterocycles. The molecule has 0 bridgehead atoms. The Bertz CT molecular complexity index is 964. The van der Waals surface area contributed by atoms with Crippen molar-refractivity contribution in [2.45, 2.75) is 50.5 Å².